The van der Waals surface area contributed by atoms with Gasteiger partial charge in [0.05, 0.1) is 0 Å². The fourth-order valence-electron chi connectivity index (χ4n) is 2.32. The Bertz CT molecular complexity index is 388. The maximum absolute atomic E-state index is 12.5. The monoisotopic (exact) mass is 264 g/mol. The van der Waals surface area contributed by atoms with Crippen LogP contribution >= 0.6 is 11.3 Å². The van der Waals surface area contributed by atoms with Crippen LogP contribution in [0.5, 0.6) is 0 Å². The number of thiazole rings is 1. The van der Waals surface area contributed by atoms with Crippen molar-refractivity contribution < 1.29 is 13.2 Å². The number of rotatable bonds is 1. The zero-order valence-corrected chi connectivity index (χ0v) is 10.3. The van der Waals surface area contributed by atoms with E-state index in [-0.39, 0.29) is 12.0 Å². The van der Waals surface area contributed by atoms with E-state index in [1.54, 1.807) is 0 Å². The van der Waals surface area contributed by atoms with Gasteiger partial charge in [0.2, 0.25) is 0 Å². The quantitative estimate of drug-likeness (QED) is 0.844. The van der Waals surface area contributed by atoms with Gasteiger partial charge >= 0.3 is 6.18 Å². The Kier molecular flexibility index (Phi) is 3.45. The van der Waals surface area contributed by atoms with Gasteiger partial charge in [-0.15, -0.1) is 11.3 Å². The van der Waals surface area contributed by atoms with E-state index in [2.05, 4.69) is 11.9 Å². The lowest BCUT2D eigenvalue weighted by Gasteiger charge is -2.31. The largest absolute Gasteiger partial charge is 0.443 e. The second-order valence-electron chi connectivity index (χ2n) is 4.75. The molecule has 3 atom stereocenters. The third-order valence-electron chi connectivity index (χ3n) is 3.30. The highest BCUT2D eigenvalue weighted by Crippen LogP contribution is 2.40. The molecule has 0 amide bonds. The van der Waals surface area contributed by atoms with Gasteiger partial charge in [-0.25, -0.2) is 4.98 Å². The van der Waals surface area contributed by atoms with Crippen molar-refractivity contribution in [3.8, 4) is 0 Å². The van der Waals surface area contributed by atoms with Crippen LogP contribution in [0.15, 0.2) is 6.20 Å². The molecule has 2 nitrogen and oxygen atoms in total. The van der Waals surface area contributed by atoms with Crippen molar-refractivity contribution in [1.82, 2.24) is 4.98 Å². The first-order valence-electron chi connectivity index (χ1n) is 5.66. The third kappa shape index (κ3) is 2.80. The third-order valence-corrected chi connectivity index (χ3v) is 4.47. The van der Waals surface area contributed by atoms with Gasteiger partial charge in [0.25, 0.3) is 0 Å². The van der Waals surface area contributed by atoms with E-state index in [1.165, 1.54) is 6.20 Å². The summed E-state index contributed by atoms with van der Waals surface area (Å²) in [5.74, 6) is 0.559. The summed E-state index contributed by atoms with van der Waals surface area (Å²) in [5.41, 5.74) is 5.99. The van der Waals surface area contributed by atoms with Crippen LogP contribution < -0.4 is 5.73 Å². The smallest absolute Gasteiger partial charge is 0.327 e. The molecule has 1 aromatic heterocycles. The van der Waals surface area contributed by atoms with Crippen LogP contribution in [-0.4, -0.2) is 11.0 Å². The van der Waals surface area contributed by atoms with Gasteiger partial charge in [-0.1, -0.05) is 6.92 Å². The Morgan fingerprint density at radius 3 is 2.71 bits per heavy atom. The summed E-state index contributed by atoms with van der Waals surface area (Å²) in [6, 6.07) is -0.0345. The van der Waals surface area contributed by atoms with E-state index in [1.807, 2.05) is 0 Å². The molecule has 1 aliphatic carbocycles. The molecule has 0 spiro atoms. The molecular weight excluding hydrogens is 249 g/mol. The maximum atomic E-state index is 12.5. The number of nitrogens with zero attached hydrogens (tertiary/aromatic N) is 1. The van der Waals surface area contributed by atoms with Crippen molar-refractivity contribution in [3.05, 3.63) is 16.1 Å². The standard InChI is InChI=1S/C11H15F3N2S/c1-6-2-3-8(15)7(4-6)9-5-16-10(17-9)11(12,13)14/h5-8H,2-4,15H2,1H3. The van der Waals surface area contributed by atoms with Gasteiger partial charge in [0.15, 0.2) is 5.01 Å². The molecule has 0 aliphatic heterocycles. The van der Waals surface area contributed by atoms with Gasteiger partial charge in [-0.05, 0) is 25.2 Å². The van der Waals surface area contributed by atoms with E-state index < -0.39 is 11.2 Å². The van der Waals surface area contributed by atoms with Crippen LogP contribution in [0.1, 0.15) is 42.0 Å². The predicted octanol–water partition coefficient (Wildman–Crippen LogP) is 3.39. The van der Waals surface area contributed by atoms with Crippen molar-refractivity contribution in [1.29, 1.82) is 0 Å². The van der Waals surface area contributed by atoms with Crippen molar-refractivity contribution in [2.45, 2.75) is 44.3 Å². The zero-order chi connectivity index (χ0) is 12.6. The zero-order valence-electron chi connectivity index (χ0n) is 9.50. The molecule has 1 aromatic rings. The van der Waals surface area contributed by atoms with E-state index in [0.29, 0.717) is 10.8 Å². The summed E-state index contributed by atoms with van der Waals surface area (Å²) in [4.78, 5) is 4.14. The molecular formula is C11H15F3N2S. The lowest BCUT2D eigenvalue weighted by Crippen LogP contribution is -2.33. The molecule has 1 heterocycles. The van der Waals surface area contributed by atoms with Crippen molar-refractivity contribution in [2.24, 2.45) is 11.7 Å². The van der Waals surface area contributed by atoms with Crippen LogP contribution in [0.4, 0.5) is 13.2 Å². The average molecular weight is 264 g/mol. The summed E-state index contributed by atoms with van der Waals surface area (Å²) in [5, 5.41) is -0.766. The topological polar surface area (TPSA) is 38.9 Å². The average Bonchev–Trinajstić information content (AvgIpc) is 2.70. The van der Waals surface area contributed by atoms with Gasteiger partial charge in [0, 0.05) is 23.0 Å². The van der Waals surface area contributed by atoms with E-state index in [0.717, 1.165) is 30.6 Å². The molecule has 0 radical (unpaired) electrons. The summed E-state index contributed by atoms with van der Waals surface area (Å²) < 4.78 is 37.4. The Hall–Kier alpha value is -0.620. The summed E-state index contributed by atoms with van der Waals surface area (Å²) >= 11 is 0.736. The molecule has 6 heteroatoms. The molecule has 2 rings (SSSR count). The minimum absolute atomic E-state index is 0.0345. The Labute approximate surface area is 102 Å². The predicted molar refractivity (Wildman–Crippen MR) is 60.8 cm³/mol. The van der Waals surface area contributed by atoms with Gasteiger partial charge < -0.3 is 5.73 Å². The molecule has 0 aromatic carbocycles. The van der Waals surface area contributed by atoms with E-state index in [9.17, 15) is 13.2 Å². The molecule has 1 aliphatic rings. The normalized spacial score (nSPS) is 30.5. The lowest BCUT2D eigenvalue weighted by molar-refractivity contribution is -0.137. The second-order valence-corrected chi connectivity index (χ2v) is 5.82. The molecule has 1 saturated carbocycles. The number of aromatic nitrogens is 1. The van der Waals surface area contributed by atoms with E-state index >= 15 is 0 Å². The maximum Gasteiger partial charge on any atom is 0.443 e. The van der Waals surface area contributed by atoms with Crippen LogP contribution in [0.3, 0.4) is 0 Å². The first-order valence-corrected chi connectivity index (χ1v) is 6.48. The van der Waals surface area contributed by atoms with Crippen LogP contribution in [0, 0.1) is 5.92 Å². The number of nitrogens with two attached hydrogens (primary N) is 1. The summed E-state index contributed by atoms with van der Waals surface area (Å²) in [6.07, 6.45) is -0.197. The number of alkyl halides is 3. The molecule has 1 fully saturated rings. The second kappa shape index (κ2) is 4.57. The van der Waals surface area contributed by atoms with Crippen LogP contribution in [0.2, 0.25) is 0 Å². The first-order chi connectivity index (χ1) is 7.88. The Morgan fingerprint density at radius 1 is 1.41 bits per heavy atom. The van der Waals surface area contributed by atoms with Crippen molar-refractivity contribution in [2.75, 3.05) is 0 Å². The van der Waals surface area contributed by atoms with Gasteiger partial charge in [-0.2, -0.15) is 13.2 Å². The number of hydrogen-bond acceptors (Lipinski definition) is 3. The molecule has 2 N–H and O–H groups in total. The highest BCUT2D eigenvalue weighted by atomic mass is 32.1. The highest BCUT2D eigenvalue weighted by molar-refractivity contribution is 7.11. The highest BCUT2D eigenvalue weighted by Gasteiger charge is 2.36. The SMILES string of the molecule is CC1CCC(N)C(c2cnc(C(F)(F)F)s2)C1. The summed E-state index contributed by atoms with van der Waals surface area (Å²) in [6.45, 7) is 2.12. The van der Waals surface area contributed by atoms with Gasteiger partial charge in [0.1, 0.15) is 0 Å². The molecule has 0 bridgehead atoms. The fourth-order valence-corrected chi connectivity index (χ4v) is 3.29. The first kappa shape index (κ1) is 12.8. The van der Waals surface area contributed by atoms with Crippen LogP contribution in [-0.2, 0) is 6.18 Å². The number of halogens is 3. The molecule has 96 valence electrons. The lowest BCUT2D eigenvalue weighted by atomic mass is 9.79. The van der Waals surface area contributed by atoms with E-state index in [4.69, 9.17) is 5.73 Å². The molecule has 3 unspecified atom stereocenters. The fraction of sp³-hybridized carbons (Fsp3) is 0.727. The molecule has 0 saturated heterocycles. The Balaban J connectivity index is 2.19. The minimum atomic E-state index is -4.34. The minimum Gasteiger partial charge on any atom is -0.327 e. The van der Waals surface area contributed by atoms with Crippen molar-refractivity contribution in [3.63, 3.8) is 0 Å². The van der Waals surface area contributed by atoms with Crippen LogP contribution in [0.25, 0.3) is 0 Å². The summed E-state index contributed by atoms with van der Waals surface area (Å²) in [7, 11) is 0. The van der Waals surface area contributed by atoms with Gasteiger partial charge in [-0.3, -0.25) is 0 Å². The Morgan fingerprint density at radius 2 is 2.12 bits per heavy atom. The number of hydrogen-bond donors (Lipinski definition) is 1. The van der Waals surface area contributed by atoms with Crippen molar-refractivity contribution >= 4 is 11.3 Å². The molecule has 17 heavy (non-hydrogen) atoms.